The number of piperidine rings is 1. The molecule has 1 amide bonds. The van der Waals surface area contributed by atoms with Gasteiger partial charge in [0.05, 0.1) is 22.5 Å². The zero-order valence-corrected chi connectivity index (χ0v) is 23.2. The van der Waals surface area contributed by atoms with Crippen molar-refractivity contribution < 1.29 is 34.8 Å². The average molecular weight is 596 g/mol. The Bertz CT molecular complexity index is 1430. The van der Waals surface area contributed by atoms with Crippen LogP contribution in [0.15, 0.2) is 35.2 Å². The minimum absolute atomic E-state index is 0.0352. The Labute approximate surface area is 225 Å². The predicted molar refractivity (Wildman–Crippen MR) is 138 cm³/mol. The number of nitrogens with two attached hydrogens (primary N) is 1. The van der Waals surface area contributed by atoms with Gasteiger partial charge in [-0.25, -0.2) is 21.6 Å². The molecule has 1 saturated heterocycles. The molecule has 0 unspecified atom stereocenters. The molecule has 0 spiro atoms. The van der Waals surface area contributed by atoms with E-state index in [4.69, 9.17) is 17.3 Å². The fourth-order valence-electron chi connectivity index (χ4n) is 4.66. The molecule has 1 aliphatic rings. The average Bonchev–Trinajstić information content (AvgIpc) is 2.77. The molecule has 8 nitrogen and oxygen atoms in total. The summed E-state index contributed by atoms with van der Waals surface area (Å²) >= 11 is 6.09. The van der Waals surface area contributed by atoms with Crippen LogP contribution < -0.4 is 10.5 Å². The fourth-order valence-corrected chi connectivity index (χ4v) is 6.76. The first-order chi connectivity index (χ1) is 17.5. The van der Waals surface area contributed by atoms with E-state index in [0.29, 0.717) is 25.5 Å². The first-order valence-electron chi connectivity index (χ1n) is 11.7. The molecule has 0 saturated carbocycles. The molecule has 1 heterocycles. The second kappa shape index (κ2) is 11.5. The van der Waals surface area contributed by atoms with Crippen molar-refractivity contribution >= 4 is 37.4 Å². The van der Waals surface area contributed by atoms with E-state index in [-0.39, 0.29) is 57.4 Å². The number of sulfone groups is 1. The number of halogens is 4. The van der Waals surface area contributed by atoms with Crippen molar-refractivity contribution in [1.29, 1.82) is 0 Å². The molecule has 1 fully saturated rings. The summed E-state index contributed by atoms with van der Waals surface area (Å²) in [5.41, 5.74) is 4.23. The normalized spacial score (nSPS) is 17.5. The summed E-state index contributed by atoms with van der Waals surface area (Å²) in [5.74, 6) is -1.30. The third-order valence-corrected chi connectivity index (χ3v) is 9.12. The molecule has 1 atom stereocenters. The fraction of sp³-hybridized carbons (Fsp3) is 0.458. The number of hydrogen-bond donors (Lipinski definition) is 2. The Hall–Kier alpha value is -2.19. The number of alkyl halides is 3. The number of carbonyl (C=O) groups is 1. The molecule has 3 N–H and O–H groups in total. The summed E-state index contributed by atoms with van der Waals surface area (Å²) in [6.07, 6.45) is -2.86. The van der Waals surface area contributed by atoms with Gasteiger partial charge in [0.25, 0.3) is 0 Å². The number of nitrogens with zero attached hydrogens (tertiary/aromatic N) is 1. The molecule has 210 valence electrons. The van der Waals surface area contributed by atoms with Gasteiger partial charge in [0.15, 0.2) is 9.84 Å². The highest BCUT2D eigenvalue weighted by atomic mass is 35.5. The smallest absolute Gasteiger partial charge is 0.366 e. The molecule has 1 aliphatic heterocycles. The maximum Gasteiger partial charge on any atom is 0.416 e. The molecule has 2 aromatic carbocycles. The number of rotatable bonds is 9. The van der Waals surface area contributed by atoms with Gasteiger partial charge in [-0.2, -0.15) is 13.2 Å². The van der Waals surface area contributed by atoms with Crippen molar-refractivity contribution in [3.05, 3.63) is 63.2 Å². The molecule has 14 heteroatoms. The van der Waals surface area contributed by atoms with E-state index in [2.05, 4.69) is 4.72 Å². The van der Waals surface area contributed by atoms with Crippen LogP contribution in [0.25, 0.3) is 0 Å². The molecule has 0 radical (unpaired) electrons. The Kier molecular flexibility index (Phi) is 9.19. The third-order valence-electron chi connectivity index (χ3n) is 6.30. The van der Waals surface area contributed by atoms with Gasteiger partial charge in [-0.15, -0.1) is 0 Å². The molecule has 0 aliphatic carbocycles. The monoisotopic (exact) mass is 595 g/mol. The van der Waals surface area contributed by atoms with Gasteiger partial charge in [0.1, 0.15) is 0 Å². The Morgan fingerprint density at radius 1 is 1.13 bits per heavy atom. The van der Waals surface area contributed by atoms with E-state index >= 15 is 0 Å². The maximum atomic E-state index is 14.1. The van der Waals surface area contributed by atoms with Gasteiger partial charge in [0.2, 0.25) is 15.9 Å². The molecule has 2 aromatic rings. The Balaban J connectivity index is 2.08. The zero-order chi connectivity index (χ0) is 28.5. The van der Waals surface area contributed by atoms with Crippen molar-refractivity contribution in [3.63, 3.8) is 0 Å². The van der Waals surface area contributed by atoms with Gasteiger partial charge >= 0.3 is 6.18 Å². The molecule has 0 aromatic heterocycles. The van der Waals surface area contributed by atoms with Crippen LogP contribution in [0.2, 0.25) is 5.02 Å². The van der Waals surface area contributed by atoms with E-state index in [1.54, 1.807) is 4.90 Å². The first kappa shape index (κ1) is 30.4. The summed E-state index contributed by atoms with van der Waals surface area (Å²) in [7, 11) is -7.20. The number of carbonyl (C=O) groups excluding carboxylic acids is 1. The van der Waals surface area contributed by atoms with Crippen LogP contribution in [0.4, 0.5) is 13.2 Å². The lowest BCUT2D eigenvalue weighted by atomic mass is 9.92. The van der Waals surface area contributed by atoms with Crippen LogP contribution in [0.1, 0.15) is 52.4 Å². The van der Waals surface area contributed by atoms with Gasteiger partial charge in [-0.05, 0) is 66.8 Å². The zero-order valence-electron chi connectivity index (χ0n) is 20.8. The van der Waals surface area contributed by atoms with Crippen LogP contribution in [-0.4, -0.2) is 58.8 Å². The molecule has 0 bridgehead atoms. The van der Waals surface area contributed by atoms with Crippen LogP contribution in [0.3, 0.4) is 0 Å². The highest BCUT2D eigenvalue weighted by molar-refractivity contribution is 7.91. The van der Waals surface area contributed by atoms with Crippen LogP contribution >= 0.6 is 11.6 Å². The van der Waals surface area contributed by atoms with E-state index in [1.807, 2.05) is 0 Å². The maximum absolute atomic E-state index is 14.1. The van der Waals surface area contributed by atoms with Crippen LogP contribution in [-0.2, 0) is 39.0 Å². The van der Waals surface area contributed by atoms with Gasteiger partial charge in [-0.1, -0.05) is 24.6 Å². The number of primary amides is 1. The van der Waals surface area contributed by atoms with Crippen molar-refractivity contribution in [1.82, 2.24) is 9.62 Å². The second-order valence-electron chi connectivity index (χ2n) is 9.33. The SMILES string of the molecule is CCS(=O)(=O)c1ccc(Cl)cc1Cc1cc(CN2CCC[C@@H](NS(C)(=O)=O)C2)c(C(F)(F)F)cc1C(N)=O. The van der Waals surface area contributed by atoms with Gasteiger partial charge in [0, 0.05) is 29.7 Å². The first-order valence-corrected chi connectivity index (χ1v) is 15.7. The summed E-state index contributed by atoms with van der Waals surface area (Å²) in [6.45, 7) is 1.94. The lowest BCUT2D eigenvalue weighted by molar-refractivity contribution is -0.138. The topological polar surface area (TPSA) is 127 Å². The highest BCUT2D eigenvalue weighted by Gasteiger charge is 2.36. The molecule has 3 rings (SSSR count). The van der Waals surface area contributed by atoms with Gasteiger partial charge in [-0.3, -0.25) is 9.69 Å². The Morgan fingerprint density at radius 3 is 2.39 bits per heavy atom. The summed E-state index contributed by atoms with van der Waals surface area (Å²) in [4.78, 5) is 13.9. The number of amides is 1. The van der Waals surface area contributed by atoms with Crippen molar-refractivity contribution in [3.8, 4) is 0 Å². The molecule has 38 heavy (non-hydrogen) atoms. The number of benzene rings is 2. The summed E-state index contributed by atoms with van der Waals surface area (Å²) in [5, 5.41) is 0.223. The minimum atomic E-state index is -4.80. The Morgan fingerprint density at radius 2 is 1.82 bits per heavy atom. The van der Waals surface area contributed by atoms with E-state index in [0.717, 1.165) is 6.26 Å². The van der Waals surface area contributed by atoms with E-state index < -0.39 is 43.5 Å². The third kappa shape index (κ3) is 7.69. The number of nitrogens with one attached hydrogen (secondary N) is 1. The predicted octanol–water partition coefficient (Wildman–Crippen LogP) is 3.36. The second-order valence-corrected chi connectivity index (χ2v) is 13.8. The molecular formula is C24H29ClF3N3O5S2. The van der Waals surface area contributed by atoms with Crippen molar-refractivity contribution in [2.75, 3.05) is 25.1 Å². The summed E-state index contributed by atoms with van der Waals surface area (Å²) < 4.78 is 93.3. The minimum Gasteiger partial charge on any atom is -0.366 e. The number of hydrogen-bond acceptors (Lipinski definition) is 6. The quantitative estimate of drug-likeness (QED) is 0.458. The number of sulfonamides is 1. The van der Waals surface area contributed by atoms with Crippen molar-refractivity contribution in [2.24, 2.45) is 5.73 Å². The largest absolute Gasteiger partial charge is 0.416 e. The van der Waals surface area contributed by atoms with Crippen LogP contribution in [0, 0.1) is 0 Å². The summed E-state index contributed by atoms with van der Waals surface area (Å²) in [6, 6.07) is 5.59. The number of likely N-dealkylation sites (tertiary alicyclic amines) is 1. The van der Waals surface area contributed by atoms with E-state index in [9.17, 15) is 34.8 Å². The van der Waals surface area contributed by atoms with Crippen molar-refractivity contribution in [2.45, 2.75) is 49.8 Å². The molecular weight excluding hydrogens is 567 g/mol. The lowest BCUT2D eigenvalue weighted by Gasteiger charge is -2.33. The standard InChI is InChI=1S/C24H29ClF3N3O5S2/c1-3-38(35,36)22-7-6-18(25)11-16(22)9-15-10-17(21(24(26,27)28)12-20(15)23(29)32)13-31-8-4-5-19(14-31)30-37(2,33)34/h6-7,10-12,19,30H,3-5,8-9,13-14H2,1-2H3,(H2,29,32)/t19-/m1/s1. The van der Waals surface area contributed by atoms with E-state index in [1.165, 1.54) is 31.2 Å². The van der Waals surface area contributed by atoms with Gasteiger partial charge < -0.3 is 5.73 Å². The van der Waals surface area contributed by atoms with Crippen LogP contribution in [0.5, 0.6) is 0 Å². The highest BCUT2D eigenvalue weighted by Crippen LogP contribution is 2.36. The lowest BCUT2D eigenvalue weighted by Crippen LogP contribution is -2.47.